The Morgan fingerprint density at radius 1 is 1.19 bits per heavy atom. The average Bonchev–Trinajstić information content (AvgIpc) is 2.62. The number of hydrogen-bond acceptors (Lipinski definition) is 3. The largest absolute Gasteiger partial charge is 0.326 e. The van der Waals surface area contributed by atoms with Crippen molar-refractivity contribution in [2.75, 3.05) is 16.0 Å². The fourth-order valence-corrected chi connectivity index (χ4v) is 3.07. The van der Waals surface area contributed by atoms with Gasteiger partial charge in [0.25, 0.3) is 0 Å². The van der Waals surface area contributed by atoms with E-state index in [0.29, 0.717) is 18.5 Å². The van der Waals surface area contributed by atoms with Gasteiger partial charge < -0.3 is 16.0 Å². The number of benzene rings is 2. The van der Waals surface area contributed by atoms with Crippen molar-refractivity contribution in [3.63, 3.8) is 0 Å². The Morgan fingerprint density at radius 2 is 1.96 bits per heavy atom. The molecule has 0 aromatic heterocycles. The molecular weight excluding hydrogens is 349 g/mol. The number of para-hydroxylation sites is 1. The van der Waals surface area contributed by atoms with Crippen molar-refractivity contribution in [2.45, 2.75) is 26.2 Å². The molecular formula is C20H20FN3O3. The number of carbonyl (C=O) groups is 3. The van der Waals surface area contributed by atoms with Crippen molar-refractivity contribution in [1.29, 1.82) is 0 Å². The summed E-state index contributed by atoms with van der Waals surface area (Å²) < 4.78 is 13.9. The molecule has 2 aromatic carbocycles. The number of rotatable bonds is 5. The van der Waals surface area contributed by atoms with Gasteiger partial charge in [0.1, 0.15) is 5.82 Å². The first-order valence-corrected chi connectivity index (χ1v) is 8.68. The lowest BCUT2D eigenvalue weighted by molar-refractivity contribution is -0.121. The molecule has 0 spiro atoms. The Hall–Kier alpha value is -3.22. The molecule has 0 saturated carbocycles. The molecule has 1 aliphatic rings. The maximum absolute atomic E-state index is 13.9. The lowest BCUT2D eigenvalue weighted by Gasteiger charge is -2.24. The molecule has 6 nitrogen and oxygen atoms in total. The van der Waals surface area contributed by atoms with Crippen LogP contribution in [0.25, 0.3) is 0 Å². The van der Waals surface area contributed by atoms with Gasteiger partial charge in [-0.05, 0) is 42.7 Å². The minimum Gasteiger partial charge on any atom is -0.326 e. The summed E-state index contributed by atoms with van der Waals surface area (Å²) in [5, 5.41) is 7.88. The third-order valence-corrected chi connectivity index (χ3v) is 4.39. The summed E-state index contributed by atoms with van der Waals surface area (Å²) in [4.78, 5) is 35.5. The van der Waals surface area contributed by atoms with Crippen LogP contribution in [0.5, 0.6) is 0 Å². The van der Waals surface area contributed by atoms with Crippen LogP contribution in [0.1, 0.15) is 25.3 Å². The molecule has 0 aliphatic carbocycles. The number of halogens is 1. The summed E-state index contributed by atoms with van der Waals surface area (Å²) >= 11 is 0. The second-order valence-electron chi connectivity index (χ2n) is 6.51. The van der Waals surface area contributed by atoms with Gasteiger partial charge in [0.05, 0.1) is 5.69 Å². The molecule has 0 unspecified atom stereocenters. The summed E-state index contributed by atoms with van der Waals surface area (Å²) in [6.45, 7) is 1.34. The predicted molar refractivity (Wildman–Crippen MR) is 101 cm³/mol. The number of amides is 3. The minimum absolute atomic E-state index is 0.00955. The van der Waals surface area contributed by atoms with Crippen LogP contribution in [-0.2, 0) is 20.8 Å². The van der Waals surface area contributed by atoms with E-state index < -0.39 is 5.82 Å². The third kappa shape index (κ3) is 4.69. The van der Waals surface area contributed by atoms with Gasteiger partial charge in [-0.1, -0.05) is 18.2 Å². The molecule has 3 N–H and O–H groups in total. The standard InChI is InChI=1S/C20H20FN3O3/c1-12(25)22-15-7-8-16(21)18(11-15)23-19(26)9-6-14-10-13-4-2-3-5-17(13)24-20(14)27/h2-5,7-8,11,14H,6,9-10H2,1H3,(H,22,25)(H,23,26)(H,24,27)/t14-/m1/s1. The van der Waals surface area contributed by atoms with Crippen molar-refractivity contribution < 1.29 is 18.8 Å². The first-order chi connectivity index (χ1) is 12.9. The zero-order chi connectivity index (χ0) is 19.4. The molecule has 0 fully saturated rings. The molecule has 140 valence electrons. The molecule has 7 heteroatoms. The molecule has 1 heterocycles. The fourth-order valence-electron chi connectivity index (χ4n) is 3.07. The molecule has 0 radical (unpaired) electrons. The molecule has 1 atom stereocenters. The van der Waals surface area contributed by atoms with E-state index in [9.17, 15) is 18.8 Å². The Balaban J connectivity index is 1.59. The van der Waals surface area contributed by atoms with Crippen molar-refractivity contribution in [2.24, 2.45) is 5.92 Å². The highest BCUT2D eigenvalue weighted by molar-refractivity contribution is 5.97. The van der Waals surface area contributed by atoms with Gasteiger partial charge >= 0.3 is 0 Å². The van der Waals surface area contributed by atoms with E-state index >= 15 is 0 Å². The molecule has 0 bridgehead atoms. The second kappa shape index (κ2) is 7.99. The lowest BCUT2D eigenvalue weighted by Crippen LogP contribution is -2.30. The third-order valence-electron chi connectivity index (χ3n) is 4.39. The van der Waals surface area contributed by atoms with Crippen molar-refractivity contribution >= 4 is 34.8 Å². The van der Waals surface area contributed by atoms with E-state index in [0.717, 1.165) is 11.3 Å². The summed E-state index contributed by atoms with van der Waals surface area (Å²) in [6.07, 6.45) is 1.02. The van der Waals surface area contributed by atoms with E-state index in [1.54, 1.807) is 0 Å². The quantitative estimate of drug-likeness (QED) is 0.756. The van der Waals surface area contributed by atoms with Crippen LogP contribution < -0.4 is 16.0 Å². The topological polar surface area (TPSA) is 87.3 Å². The Labute approximate surface area is 156 Å². The van der Waals surface area contributed by atoms with E-state index in [-0.39, 0.29) is 35.7 Å². The van der Waals surface area contributed by atoms with Crippen molar-refractivity contribution in [1.82, 2.24) is 0 Å². The van der Waals surface area contributed by atoms with Gasteiger partial charge in [0, 0.05) is 30.6 Å². The van der Waals surface area contributed by atoms with Crippen molar-refractivity contribution in [3.05, 3.63) is 53.8 Å². The second-order valence-corrected chi connectivity index (χ2v) is 6.51. The number of anilines is 3. The van der Waals surface area contributed by atoms with E-state index in [1.165, 1.54) is 25.1 Å². The van der Waals surface area contributed by atoms with Crippen molar-refractivity contribution in [3.8, 4) is 0 Å². The average molecular weight is 369 g/mol. The highest BCUT2D eigenvalue weighted by Crippen LogP contribution is 2.28. The Bertz CT molecular complexity index is 898. The molecule has 3 amide bonds. The molecule has 27 heavy (non-hydrogen) atoms. The van der Waals surface area contributed by atoms with Gasteiger partial charge in [-0.2, -0.15) is 0 Å². The Kier molecular flexibility index (Phi) is 5.49. The normalized spacial score (nSPS) is 15.5. The smallest absolute Gasteiger partial charge is 0.227 e. The number of nitrogens with one attached hydrogen (secondary N) is 3. The zero-order valence-corrected chi connectivity index (χ0v) is 14.8. The molecule has 2 aromatic rings. The first kappa shape index (κ1) is 18.6. The number of carbonyl (C=O) groups excluding carboxylic acids is 3. The molecule has 0 saturated heterocycles. The van der Waals surface area contributed by atoms with Crippen LogP contribution in [0.3, 0.4) is 0 Å². The molecule has 1 aliphatic heterocycles. The van der Waals surface area contributed by atoms with E-state index in [1.807, 2.05) is 24.3 Å². The van der Waals surface area contributed by atoms with Crippen LogP contribution in [0.4, 0.5) is 21.5 Å². The van der Waals surface area contributed by atoms with Gasteiger partial charge in [0.15, 0.2) is 0 Å². The molecule has 3 rings (SSSR count). The Morgan fingerprint density at radius 3 is 2.74 bits per heavy atom. The first-order valence-electron chi connectivity index (χ1n) is 8.68. The summed E-state index contributed by atoms with van der Waals surface area (Å²) in [5.74, 6) is -1.69. The highest BCUT2D eigenvalue weighted by atomic mass is 19.1. The zero-order valence-electron chi connectivity index (χ0n) is 14.8. The highest BCUT2D eigenvalue weighted by Gasteiger charge is 2.26. The van der Waals surface area contributed by atoms with E-state index in [4.69, 9.17) is 0 Å². The lowest BCUT2D eigenvalue weighted by atomic mass is 9.89. The fraction of sp³-hybridized carbons (Fsp3) is 0.250. The minimum atomic E-state index is -0.596. The van der Waals surface area contributed by atoms with Gasteiger partial charge in [0.2, 0.25) is 17.7 Å². The van der Waals surface area contributed by atoms with Crippen LogP contribution in [0.2, 0.25) is 0 Å². The van der Waals surface area contributed by atoms with Crippen LogP contribution in [-0.4, -0.2) is 17.7 Å². The summed E-state index contributed by atoms with van der Waals surface area (Å²) in [7, 11) is 0. The van der Waals surface area contributed by atoms with Gasteiger partial charge in [-0.3, -0.25) is 14.4 Å². The maximum atomic E-state index is 13.9. The number of hydrogen-bond donors (Lipinski definition) is 3. The summed E-state index contributed by atoms with van der Waals surface area (Å²) in [6, 6.07) is 11.5. The van der Waals surface area contributed by atoms with Crippen LogP contribution >= 0.6 is 0 Å². The van der Waals surface area contributed by atoms with Crippen LogP contribution in [0, 0.1) is 11.7 Å². The maximum Gasteiger partial charge on any atom is 0.227 e. The van der Waals surface area contributed by atoms with Crippen LogP contribution in [0.15, 0.2) is 42.5 Å². The SMILES string of the molecule is CC(=O)Nc1ccc(F)c(NC(=O)CC[C@@H]2Cc3ccccc3NC2=O)c1. The number of fused-ring (bicyclic) bond motifs is 1. The van der Waals surface area contributed by atoms with Gasteiger partial charge in [-0.25, -0.2) is 4.39 Å². The van der Waals surface area contributed by atoms with Gasteiger partial charge in [-0.15, -0.1) is 0 Å². The summed E-state index contributed by atoms with van der Waals surface area (Å²) in [5.41, 5.74) is 2.23. The van der Waals surface area contributed by atoms with E-state index in [2.05, 4.69) is 16.0 Å². The predicted octanol–water partition coefficient (Wildman–Crippen LogP) is 3.31. The monoisotopic (exact) mass is 369 g/mol.